The maximum Gasteiger partial charge on any atom is 0.226 e. The highest BCUT2D eigenvalue weighted by Gasteiger charge is 2.10. The smallest absolute Gasteiger partial charge is 0.226 e. The highest BCUT2D eigenvalue weighted by Crippen LogP contribution is 2.32. The van der Waals surface area contributed by atoms with Gasteiger partial charge in [-0.05, 0) is 18.1 Å². The minimum Gasteiger partial charge on any atom is -0.496 e. The van der Waals surface area contributed by atoms with Crippen molar-refractivity contribution in [1.82, 2.24) is 10.1 Å². The molecule has 2 N–H and O–H groups in total. The normalized spacial score (nSPS) is 11.0. The number of methoxy groups -OCH3 is 1. The van der Waals surface area contributed by atoms with E-state index in [1.807, 2.05) is 18.2 Å². The van der Waals surface area contributed by atoms with E-state index in [0.717, 1.165) is 17.1 Å². The summed E-state index contributed by atoms with van der Waals surface area (Å²) in [7, 11) is 1.63. The van der Waals surface area contributed by atoms with Gasteiger partial charge in [0.05, 0.1) is 12.9 Å². The maximum absolute atomic E-state index is 5.73. The Morgan fingerprint density at radius 1 is 1.40 bits per heavy atom. The molecule has 0 bridgehead atoms. The zero-order chi connectivity index (χ0) is 14.5. The van der Waals surface area contributed by atoms with E-state index < -0.39 is 0 Å². The van der Waals surface area contributed by atoms with E-state index in [1.165, 1.54) is 0 Å². The quantitative estimate of drug-likeness (QED) is 0.651. The summed E-state index contributed by atoms with van der Waals surface area (Å²) in [5.74, 6) is 3.31. The average Bonchev–Trinajstić information content (AvgIpc) is 2.84. The van der Waals surface area contributed by atoms with Crippen molar-refractivity contribution in [1.29, 1.82) is 0 Å². The van der Waals surface area contributed by atoms with E-state index in [-0.39, 0.29) is 0 Å². The van der Waals surface area contributed by atoms with Gasteiger partial charge < -0.3 is 15.0 Å². The molecule has 1 aromatic carbocycles. The third-order valence-corrected chi connectivity index (χ3v) is 3.69. The Morgan fingerprint density at radius 3 is 2.90 bits per heavy atom. The number of aromatic nitrogens is 2. The molecular formula is C14H19N3O2S. The monoisotopic (exact) mass is 293 g/mol. The Hall–Kier alpha value is -1.69. The second kappa shape index (κ2) is 6.65. The zero-order valence-electron chi connectivity index (χ0n) is 11.9. The van der Waals surface area contributed by atoms with Crippen LogP contribution in [-0.2, 0) is 12.2 Å². The maximum atomic E-state index is 5.73. The van der Waals surface area contributed by atoms with Crippen LogP contribution in [0.5, 0.6) is 5.75 Å². The van der Waals surface area contributed by atoms with Crippen LogP contribution in [-0.4, -0.2) is 17.3 Å². The van der Waals surface area contributed by atoms with E-state index in [4.69, 9.17) is 15.0 Å². The molecule has 0 aliphatic rings. The number of benzene rings is 1. The summed E-state index contributed by atoms with van der Waals surface area (Å²) in [5, 5.41) is 3.98. The van der Waals surface area contributed by atoms with Crippen LogP contribution in [0.4, 0.5) is 5.69 Å². The van der Waals surface area contributed by atoms with Crippen LogP contribution >= 0.6 is 11.8 Å². The molecule has 2 rings (SSSR count). The molecule has 0 spiro atoms. The first-order valence-electron chi connectivity index (χ1n) is 6.46. The number of ether oxygens (including phenoxy) is 1. The molecule has 1 heterocycles. The first-order valence-corrected chi connectivity index (χ1v) is 7.45. The first kappa shape index (κ1) is 14.7. The summed E-state index contributed by atoms with van der Waals surface area (Å²) in [5.41, 5.74) is 6.42. The summed E-state index contributed by atoms with van der Waals surface area (Å²) in [6.07, 6.45) is 0.808. The van der Waals surface area contributed by atoms with E-state index in [2.05, 4.69) is 24.0 Å². The number of hydrogen-bond acceptors (Lipinski definition) is 6. The molecule has 0 amide bonds. The SMILES string of the molecule is COc1cc(N)ccc1SCc1noc(CC(C)C)n1. The third-order valence-electron chi connectivity index (χ3n) is 2.64. The Morgan fingerprint density at radius 2 is 2.20 bits per heavy atom. The molecule has 0 aliphatic carbocycles. The average molecular weight is 293 g/mol. The number of nitrogens with zero attached hydrogens (tertiary/aromatic N) is 2. The number of nitrogen functional groups attached to an aromatic ring is 1. The van der Waals surface area contributed by atoms with Gasteiger partial charge in [0.2, 0.25) is 5.89 Å². The number of nitrogens with two attached hydrogens (primary N) is 1. The van der Waals surface area contributed by atoms with Gasteiger partial charge in [-0.25, -0.2) is 0 Å². The van der Waals surface area contributed by atoms with Gasteiger partial charge in [0.25, 0.3) is 0 Å². The van der Waals surface area contributed by atoms with E-state index in [9.17, 15) is 0 Å². The fourth-order valence-corrected chi connectivity index (χ4v) is 2.58. The van der Waals surface area contributed by atoms with Crippen LogP contribution in [0.15, 0.2) is 27.6 Å². The second-order valence-electron chi connectivity index (χ2n) is 4.90. The standard InChI is InChI=1S/C14H19N3O2S/c1-9(2)6-14-16-13(17-19-14)8-20-12-5-4-10(15)7-11(12)18-3/h4-5,7,9H,6,8,15H2,1-3H3. The molecule has 108 valence electrons. The number of rotatable bonds is 6. The molecule has 20 heavy (non-hydrogen) atoms. The van der Waals surface area contributed by atoms with Gasteiger partial charge in [0, 0.05) is 23.1 Å². The van der Waals surface area contributed by atoms with Gasteiger partial charge in [-0.15, -0.1) is 11.8 Å². The second-order valence-corrected chi connectivity index (χ2v) is 5.92. The van der Waals surface area contributed by atoms with E-state index in [0.29, 0.717) is 29.1 Å². The van der Waals surface area contributed by atoms with E-state index >= 15 is 0 Å². The van der Waals surface area contributed by atoms with Crippen molar-refractivity contribution >= 4 is 17.4 Å². The predicted molar refractivity (Wildman–Crippen MR) is 79.8 cm³/mol. The lowest BCUT2D eigenvalue weighted by molar-refractivity contribution is 0.360. The predicted octanol–water partition coefficient (Wildman–Crippen LogP) is 3.15. The molecule has 5 nitrogen and oxygen atoms in total. The first-order chi connectivity index (χ1) is 9.58. The topological polar surface area (TPSA) is 74.2 Å². The van der Waals surface area contributed by atoms with Crippen LogP contribution in [0.1, 0.15) is 25.6 Å². The van der Waals surface area contributed by atoms with Crippen molar-refractivity contribution < 1.29 is 9.26 Å². The van der Waals surface area contributed by atoms with Crippen molar-refractivity contribution in [3.8, 4) is 5.75 Å². The van der Waals surface area contributed by atoms with Crippen molar-refractivity contribution in [2.24, 2.45) is 5.92 Å². The summed E-state index contributed by atoms with van der Waals surface area (Å²) in [6, 6.07) is 5.60. The van der Waals surface area contributed by atoms with Crippen LogP contribution in [0.3, 0.4) is 0 Å². The van der Waals surface area contributed by atoms with Crippen molar-refractivity contribution in [2.45, 2.75) is 30.9 Å². The molecule has 0 aliphatic heterocycles. The highest BCUT2D eigenvalue weighted by atomic mass is 32.2. The minimum absolute atomic E-state index is 0.508. The third kappa shape index (κ3) is 3.90. The van der Waals surface area contributed by atoms with Gasteiger partial charge in [-0.3, -0.25) is 0 Å². The molecule has 1 aromatic heterocycles. The molecule has 2 aromatic rings. The lowest BCUT2D eigenvalue weighted by Crippen LogP contribution is -1.94. The molecular weight excluding hydrogens is 274 g/mol. The fraction of sp³-hybridized carbons (Fsp3) is 0.429. The summed E-state index contributed by atoms with van der Waals surface area (Å²) >= 11 is 1.60. The highest BCUT2D eigenvalue weighted by molar-refractivity contribution is 7.98. The Bertz CT molecular complexity index is 569. The molecule has 6 heteroatoms. The zero-order valence-corrected chi connectivity index (χ0v) is 12.7. The van der Waals surface area contributed by atoms with E-state index in [1.54, 1.807) is 18.9 Å². The molecule has 0 saturated heterocycles. The van der Waals surface area contributed by atoms with Crippen molar-refractivity contribution in [3.63, 3.8) is 0 Å². The van der Waals surface area contributed by atoms with Crippen molar-refractivity contribution in [2.75, 3.05) is 12.8 Å². The molecule has 0 atom stereocenters. The summed E-state index contributed by atoms with van der Waals surface area (Å²) in [6.45, 7) is 4.25. The lowest BCUT2D eigenvalue weighted by atomic mass is 10.1. The van der Waals surface area contributed by atoms with Gasteiger partial charge in [-0.1, -0.05) is 19.0 Å². The Balaban J connectivity index is 2.00. The van der Waals surface area contributed by atoms with Crippen molar-refractivity contribution in [3.05, 3.63) is 29.9 Å². The van der Waals surface area contributed by atoms with Gasteiger partial charge in [0.1, 0.15) is 5.75 Å². The number of anilines is 1. The Labute approximate surface area is 122 Å². The minimum atomic E-state index is 0.508. The molecule has 0 saturated carbocycles. The van der Waals surface area contributed by atoms with Crippen LogP contribution < -0.4 is 10.5 Å². The number of hydrogen-bond donors (Lipinski definition) is 1. The largest absolute Gasteiger partial charge is 0.496 e. The van der Waals surface area contributed by atoms with Gasteiger partial charge in [-0.2, -0.15) is 4.98 Å². The molecule has 0 fully saturated rings. The fourth-order valence-electron chi connectivity index (χ4n) is 1.73. The summed E-state index contributed by atoms with van der Waals surface area (Å²) in [4.78, 5) is 5.39. The van der Waals surface area contributed by atoms with Gasteiger partial charge in [0.15, 0.2) is 5.82 Å². The molecule has 0 radical (unpaired) electrons. The summed E-state index contributed by atoms with van der Waals surface area (Å²) < 4.78 is 10.5. The molecule has 0 unspecified atom stereocenters. The van der Waals surface area contributed by atoms with Crippen LogP contribution in [0, 0.1) is 5.92 Å². The lowest BCUT2D eigenvalue weighted by Gasteiger charge is -2.07. The van der Waals surface area contributed by atoms with Crippen LogP contribution in [0.2, 0.25) is 0 Å². The number of thioether (sulfide) groups is 1. The Kier molecular flexibility index (Phi) is 4.89. The van der Waals surface area contributed by atoms with Gasteiger partial charge >= 0.3 is 0 Å². The van der Waals surface area contributed by atoms with Crippen LogP contribution in [0.25, 0.3) is 0 Å².